The van der Waals surface area contributed by atoms with Crippen LogP contribution in [0.5, 0.6) is 0 Å². The Hall–Kier alpha value is -0.523. The first-order valence-corrected chi connectivity index (χ1v) is 4.21. The summed E-state index contributed by atoms with van der Waals surface area (Å²) >= 11 is 0. The zero-order valence-corrected chi connectivity index (χ0v) is 6.07. The third-order valence-corrected chi connectivity index (χ3v) is 1.06. The molecule has 0 spiro atoms. The second-order valence-corrected chi connectivity index (χ2v) is 2.08. The lowest BCUT2D eigenvalue weighted by molar-refractivity contribution is -0.189. The van der Waals surface area contributed by atoms with Gasteiger partial charge in [0, 0.05) is 0 Å². The van der Waals surface area contributed by atoms with Crippen molar-refractivity contribution in [3.05, 3.63) is 0 Å². The molecule has 0 saturated carbocycles. The van der Waals surface area contributed by atoms with Gasteiger partial charge in [0.1, 0.15) is 0 Å². The number of alkyl halides is 3. The SMILES string of the molecule is C[SiH2]OC(=O)C(F)(F)F. The number of hydrogen-bond acceptors (Lipinski definition) is 2. The van der Waals surface area contributed by atoms with Crippen molar-refractivity contribution in [3.8, 4) is 0 Å². The van der Waals surface area contributed by atoms with Gasteiger partial charge in [-0.25, -0.2) is 4.79 Å². The van der Waals surface area contributed by atoms with Gasteiger partial charge in [0.25, 0.3) is 0 Å². The third kappa shape index (κ3) is 3.12. The van der Waals surface area contributed by atoms with Crippen LogP contribution in [0.1, 0.15) is 0 Å². The molecule has 0 heterocycles. The molecule has 6 heteroatoms. The van der Waals surface area contributed by atoms with Crippen LogP contribution in [-0.4, -0.2) is 21.9 Å². The van der Waals surface area contributed by atoms with Gasteiger partial charge in [0.05, 0.1) is 0 Å². The molecule has 0 saturated heterocycles. The van der Waals surface area contributed by atoms with Gasteiger partial charge in [-0.3, -0.25) is 0 Å². The largest absolute Gasteiger partial charge is 0.519 e. The Bertz CT molecular complexity index is 110. The first-order valence-electron chi connectivity index (χ1n) is 2.22. The molecule has 0 aliphatic carbocycles. The molecular formula is C3H5F3O2Si. The number of carbonyl (C=O) groups is 1. The van der Waals surface area contributed by atoms with Crippen LogP contribution in [0, 0.1) is 0 Å². The Morgan fingerprint density at radius 3 is 2.11 bits per heavy atom. The van der Waals surface area contributed by atoms with Crippen molar-refractivity contribution in [1.29, 1.82) is 0 Å². The van der Waals surface area contributed by atoms with Crippen LogP contribution in [0.3, 0.4) is 0 Å². The van der Waals surface area contributed by atoms with Crippen LogP contribution in [-0.2, 0) is 9.22 Å². The van der Waals surface area contributed by atoms with E-state index in [0.717, 1.165) is 0 Å². The smallest absolute Gasteiger partial charge is 0.489 e. The van der Waals surface area contributed by atoms with Crippen molar-refractivity contribution >= 4 is 15.7 Å². The summed E-state index contributed by atoms with van der Waals surface area (Å²) in [6, 6.07) is 0. The zero-order valence-electron chi connectivity index (χ0n) is 4.66. The molecule has 9 heavy (non-hydrogen) atoms. The zero-order chi connectivity index (χ0) is 7.49. The summed E-state index contributed by atoms with van der Waals surface area (Å²) in [7, 11) is -1.28. The first-order chi connectivity index (χ1) is 3.98. The molecule has 0 radical (unpaired) electrons. The highest BCUT2D eigenvalue weighted by Gasteiger charge is 2.39. The molecule has 0 unspecified atom stereocenters. The normalized spacial score (nSPS) is 12.4. The van der Waals surface area contributed by atoms with Gasteiger partial charge < -0.3 is 4.43 Å². The molecule has 0 aromatic carbocycles. The molecule has 0 N–H and O–H groups in total. The summed E-state index contributed by atoms with van der Waals surface area (Å²) in [5.74, 6) is -2.07. The summed E-state index contributed by atoms with van der Waals surface area (Å²) in [6.07, 6.45) is -4.82. The van der Waals surface area contributed by atoms with Gasteiger partial charge in [-0.05, 0) is 6.55 Å². The van der Waals surface area contributed by atoms with E-state index in [1.807, 2.05) is 0 Å². The average Bonchev–Trinajstić information content (AvgIpc) is 1.64. The second-order valence-electron chi connectivity index (χ2n) is 1.22. The molecule has 0 aliphatic rings. The minimum absolute atomic E-state index is 1.28. The molecule has 0 atom stereocenters. The van der Waals surface area contributed by atoms with Crippen LogP contribution in [0.2, 0.25) is 6.55 Å². The van der Waals surface area contributed by atoms with Crippen LogP contribution < -0.4 is 0 Å². The molecule has 2 nitrogen and oxygen atoms in total. The van der Waals surface area contributed by atoms with E-state index in [2.05, 4.69) is 4.43 Å². The van der Waals surface area contributed by atoms with Crippen molar-refractivity contribution in [2.45, 2.75) is 12.7 Å². The summed E-state index contributed by atoms with van der Waals surface area (Å²) in [5, 5.41) is 0. The van der Waals surface area contributed by atoms with E-state index in [-0.39, 0.29) is 0 Å². The van der Waals surface area contributed by atoms with E-state index < -0.39 is 21.9 Å². The predicted molar refractivity (Wildman–Crippen MR) is 26.6 cm³/mol. The predicted octanol–water partition coefficient (Wildman–Crippen LogP) is 0.224. The Labute approximate surface area is 51.9 Å². The molecule has 0 aliphatic heterocycles. The monoisotopic (exact) mass is 158 g/mol. The molecule has 0 bridgehead atoms. The van der Waals surface area contributed by atoms with Crippen molar-refractivity contribution < 1.29 is 22.4 Å². The molecular weight excluding hydrogens is 153 g/mol. The maximum atomic E-state index is 11.2. The average molecular weight is 158 g/mol. The van der Waals surface area contributed by atoms with E-state index in [4.69, 9.17) is 0 Å². The maximum Gasteiger partial charge on any atom is 0.489 e. The highest BCUT2D eigenvalue weighted by molar-refractivity contribution is 6.28. The van der Waals surface area contributed by atoms with Crippen molar-refractivity contribution in [2.75, 3.05) is 0 Å². The van der Waals surface area contributed by atoms with E-state index in [9.17, 15) is 18.0 Å². The maximum absolute atomic E-state index is 11.2. The summed E-state index contributed by atoms with van der Waals surface area (Å²) in [6.45, 7) is 1.45. The highest BCUT2D eigenvalue weighted by Crippen LogP contribution is 2.15. The van der Waals surface area contributed by atoms with Gasteiger partial charge in [0.2, 0.25) is 9.76 Å². The fourth-order valence-corrected chi connectivity index (χ4v) is 0.639. The van der Waals surface area contributed by atoms with E-state index in [0.29, 0.717) is 0 Å². The number of carbonyl (C=O) groups excluding carboxylic acids is 1. The molecule has 0 amide bonds. The van der Waals surface area contributed by atoms with Crippen LogP contribution in [0.15, 0.2) is 0 Å². The van der Waals surface area contributed by atoms with Crippen molar-refractivity contribution in [1.82, 2.24) is 0 Å². The Kier molecular flexibility index (Phi) is 2.69. The van der Waals surface area contributed by atoms with E-state index >= 15 is 0 Å². The quantitative estimate of drug-likeness (QED) is 0.510. The fraction of sp³-hybridized carbons (Fsp3) is 0.667. The van der Waals surface area contributed by atoms with Crippen LogP contribution in [0.25, 0.3) is 0 Å². The Morgan fingerprint density at radius 2 is 2.00 bits per heavy atom. The number of rotatable bonds is 1. The summed E-state index contributed by atoms with van der Waals surface area (Å²) < 4.78 is 37.3. The first kappa shape index (κ1) is 8.48. The van der Waals surface area contributed by atoms with E-state index in [1.165, 1.54) is 6.55 Å². The molecule has 0 aromatic rings. The lowest BCUT2D eigenvalue weighted by atomic mass is 10.7. The van der Waals surface area contributed by atoms with E-state index in [1.54, 1.807) is 0 Å². The van der Waals surface area contributed by atoms with Gasteiger partial charge >= 0.3 is 12.1 Å². The molecule has 0 fully saturated rings. The number of halogens is 3. The Morgan fingerprint density at radius 1 is 1.56 bits per heavy atom. The minimum atomic E-state index is -4.82. The van der Waals surface area contributed by atoms with Crippen molar-refractivity contribution in [3.63, 3.8) is 0 Å². The van der Waals surface area contributed by atoms with Crippen LogP contribution in [0.4, 0.5) is 13.2 Å². The molecule has 0 aromatic heterocycles. The molecule has 54 valence electrons. The Balaban J connectivity index is 3.74. The lowest BCUT2D eigenvalue weighted by Gasteiger charge is -2.03. The van der Waals surface area contributed by atoms with Crippen LogP contribution >= 0.6 is 0 Å². The second kappa shape index (κ2) is 2.86. The standard InChI is InChI=1S/C3H5F3O2Si/c1-9-8-2(7)3(4,5)6/h9H2,1H3. The van der Waals surface area contributed by atoms with Gasteiger partial charge in [-0.2, -0.15) is 13.2 Å². The third-order valence-electron chi connectivity index (χ3n) is 0.507. The van der Waals surface area contributed by atoms with Gasteiger partial charge in [-0.15, -0.1) is 0 Å². The van der Waals surface area contributed by atoms with Gasteiger partial charge in [0.15, 0.2) is 0 Å². The highest BCUT2D eigenvalue weighted by atomic mass is 28.2. The summed E-state index contributed by atoms with van der Waals surface area (Å²) in [4.78, 5) is 9.75. The van der Waals surface area contributed by atoms with Crippen molar-refractivity contribution in [2.24, 2.45) is 0 Å². The minimum Gasteiger partial charge on any atom is -0.519 e. The molecule has 0 rings (SSSR count). The van der Waals surface area contributed by atoms with Gasteiger partial charge in [-0.1, -0.05) is 0 Å². The fourth-order valence-electron chi connectivity index (χ4n) is 0.213. The lowest BCUT2D eigenvalue weighted by Crippen LogP contribution is -2.25. The number of hydrogen-bond donors (Lipinski definition) is 0. The topological polar surface area (TPSA) is 26.3 Å². The summed E-state index contributed by atoms with van der Waals surface area (Å²) in [5.41, 5.74) is 0.